The summed E-state index contributed by atoms with van der Waals surface area (Å²) in [5, 5.41) is 19.2. The van der Waals surface area contributed by atoms with Crippen LogP contribution in [0.5, 0.6) is 0 Å². The second kappa shape index (κ2) is 10.2. The van der Waals surface area contributed by atoms with E-state index in [1.807, 2.05) is 19.3 Å². The average molecular weight is 546 g/mol. The molecule has 1 fully saturated rings. The van der Waals surface area contributed by atoms with Crippen LogP contribution in [0.15, 0.2) is 53.5 Å². The van der Waals surface area contributed by atoms with Crippen LogP contribution in [-0.4, -0.2) is 66.3 Å². The second-order valence-electron chi connectivity index (χ2n) is 9.23. The maximum Gasteiger partial charge on any atom is 0.320 e. The molecule has 1 aromatic carbocycles. The summed E-state index contributed by atoms with van der Waals surface area (Å²) < 4.78 is 7.59. The Morgan fingerprint density at radius 3 is 2.74 bits per heavy atom. The van der Waals surface area contributed by atoms with E-state index in [0.717, 1.165) is 42.4 Å². The van der Waals surface area contributed by atoms with Gasteiger partial charge in [-0.25, -0.2) is 4.98 Å². The quantitative estimate of drug-likeness (QED) is 0.280. The van der Waals surface area contributed by atoms with Crippen LogP contribution in [0.3, 0.4) is 0 Å². The number of hydrogen-bond donors (Lipinski definition) is 3. The standard InChI is InChI=1S/C26H24ClN9O3/c1-35-14-17(11-31-35)16-8-18-19(12-29-23(18)28-10-16)25-33-34-26(39-25)32-21-5-4-15(9-20(21)27)24(38)30-13-22(37)36-6-2-3-7-36/h4-5,8-12,14H,2-3,6-7,13H2,1H3,(H,28,29)(H,30,38)(H,32,34). The van der Waals surface area contributed by atoms with Crippen LogP contribution < -0.4 is 10.6 Å². The first-order valence-corrected chi connectivity index (χ1v) is 12.7. The van der Waals surface area contributed by atoms with Crippen molar-refractivity contribution in [3.63, 3.8) is 0 Å². The Hall–Kier alpha value is -4.71. The van der Waals surface area contributed by atoms with E-state index >= 15 is 0 Å². The molecule has 1 saturated heterocycles. The zero-order valence-corrected chi connectivity index (χ0v) is 21.7. The van der Waals surface area contributed by atoms with E-state index in [1.54, 1.807) is 40.3 Å². The van der Waals surface area contributed by atoms with Crippen LogP contribution in [0, 0.1) is 0 Å². The molecule has 0 saturated carbocycles. The minimum absolute atomic E-state index is 0.0473. The number of carbonyl (C=O) groups is 2. The molecule has 4 aromatic heterocycles. The van der Waals surface area contributed by atoms with Gasteiger partial charge >= 0.3 is 6.01 Å². The summed E-state index contributed by atoms with van der Waals surface area (Å²) in [6.45, 7) is 1.43. The molecule has 1 aliphatic heterocycles. The van der Waals surface area contributed by atoms with Crippen molar-refractivity contribution >= 4 is 46.2 Å². The van der Waals surface area contributed by atoms with Crippen LogP contribution in [0.25, 0.3) is 33.6 Å². The Morgan fingerprint density at radius 2 is 1.97 bits per heavy atom. The molecule has 12 nitrogen and oxygen atoms in total. The number of anilines is 2. The summed E-state index contributed by atoms with van der Waals surface area (Å²) in [4.78, 5) is 34.1. The molecular formula is C26H24ClN9O3. The lowest BCUT2D eigenvalue weighted by molar-refractivity contribution is -0.129. The van der Waals surface area contributed by atoms with E-state index < -0.39 is 0 Å². The number of fused-ring (bicyclic) bond motifs is 1. The number of halogens is 1. The van der Waals surface area contributed by atoms with Gasteiger partial charge in [0.25, 0.3) is 11.8 Å². The van der Waals surface area contributed by atoms with Gasteiger partial charge in [0.2, 0.25) is 5.91 Å². The molecule has 0 bridgehead atoms. The number of aryl methyl sites for hydroxylation is 1. The zero-order chi connectivity index (χ0) is 26.9. The number of likely N-dealkylation sites (tertiary alicyclic amines) is 1. The van der Waals surface area contributed by atoms with E-state index in [2.05, 4.69) is 35.9 Å². The van der Waals surface area contributed by atoms with E-state index in [9.17, 15) is 9.59 Å². The molecule has 1 aliphatic rings. The molecule has 5 aromatic rings. The lowest BCUT2D eigenvalue weighted by Crippen LogP contribution is -2.38. The minimum atomic E-state index is -0.380. The predicted octanol–water partition coefficient (Wildman–Crippen LogP) is 3.76. The fraction of sp³-hybridized carbons (Fsp3) is 0.231. The number of H-pyrrole nitrogens is 1. The third-order valence-electron chi connectivity index (χ3n) is 6.56. The molecule has 6 rings (SSSR count). The number of nitrogens with one attached hydrogen (secondary N) is 3. The molecule has 0 spiro atoms. The molecule has 3 N–H and O–H groups in total. The van der Waals surface area contributed by atoms with Gasteiger partial charge in [-0.3, -0.25) is 14.3 Å². The first-order chi connectivity index (χ1) is 18.9. The molecule has 0 radical (unpaired) electrons. The molecule has 198 valence electrons. The van der Waals surface area contributed by atoms with E-state index in [-0.39, 0.29) is 29.4 Å². The number of pyridine rings is 1. The van der Waals surface area contributed by atoms with Gasteiger partial charge in [0.1, 0.15) is 5.65 Å². The number of nitrogens with zero attached hydrogens (tertiary/aromatic N) is 6. The average Bonchev–Trinajstić information content (AvgIpc) is 3.75. The maximum absolute atomic E-state index is 12.5. The topological polar surface area (TPSA) is 147 Å². The van der Waals surface area contributed by atoms with Gasteiger partial charge in [-0.2, -0.15) is 5.10 Å². The van der Waals surface area contributed by atoms with Crippen molar-refractivity contribution in [1.82, 2.24) is 40.2 Å². The van der Waals surface area contributed by atoms with Gasteiger partial charge in [0.15, 0.2) is 0 Å². The van der Waals surface area contributed by atoms with Crippen molar-refractivity contribution in [2.75, 3.05) is 25.0 Å². The summed E-state index contributed by atoms with van der Waals surface area (Å²) in [6, 6.07) is 6.88. The SMILES string of the molecule is Cn1cc(-c2cnc3[nH]cc(-c4nnc(Nc5ccc(C(=O)NCC(=O)N6CCCC6)cc5Cl)o4)c3c2)cn1. The Balaban J connectivity index is 1.15. The fourth-order valence-electron chi connectivity index (χ4n) is 4.50. The molecule has 2 amide bonds. The summed E-state index contributed by atoms with van der Waals surface area (Å²) in [7, 11) is 1.86. The van der Waals surface area contributed by atoms with E-state index in [4.69, 9.17) is 16.0 Å². The lowest BCUT2D eigenvalue weighted by atomic mass is 10.1. The number of amides is 2. The first-order valence-electron chi connectivity index (χ1n) is 12.4. The van der Waals surface area contributed by atoms with Gasteiger partial charge < -0.3 is 24.9 Å². The number of benzene rings is 1. The smallest absolute Gasteiger partial charge is 0.320 e. The van der Waals surface area contributed by atoms with Crippen molar-refractivity contribution in [3.05, 3.63) is 59.6 Å². The minimum Gasteiger partial charge on any atom is -0.403 e. The van der Waals surface area contributed by atoms with Gasteiger partial charge in [-0.1, -0.05) is 16.7 Å². The van der Waals surface area contributed by atoms with E-state index in [1.165, 1.54) is 6.07 Å². The second-order valence-corrected chi connectivity index (χ2v) is 9.63. The van der Waals surface area contributed by atoms with Crippen molar-refractivity contribution in [2.45, 2.75) is 12.8 Å². The predicted molar refractivity (Wildman–Crippen MR) is 144 cm³/mol. The fourth-order valence-corrected chi connectivity index (χ4v) is 4.73. The Labute approximate surface area is 227 Å². The molecule has 13 heteroatoms. The third-order valence-corrected chi connectivity index (χ3v) is 6.87. The highest BCUT2D eigenvalue weighted by molar-refractivity contribution is 6.33. The first kappa shape index (κ1) is 24.6. The lowest BCUT2D eigenvalue weighted by Gasteiger charge is -2.15. The van der Waals surface area contributed by atoms with Crippen LogP contribution in [0.1, 0.15) is 23.2 Å². The van der Waals surface area contributed by atoms with Crippen molar-refractivity contribution < 1.29 is 14.0 Å². The monoisotopic (exact) mass is 545 g/mol. The number of aromatic nitrogens is 6. The molecular weight excluding hydrogens is 522 g/mol. The zero-order valence-electron chi connectivity index (χ0n) is 20.9. The Bertz CT molecular complexity index is 1680. The van der Waals surface area contributed by atoms with Gasteiger partial charge in [-0.05, 0) is 37.1 Å². The highest BCUT2D eigenvalue weighted by atomic mass is 35.5. The molecule has 5 heterocycles. The molecule has 0 unspecified atom stereocenters. The highest BCUT2D eigenvalue weighted by Crippen LogP contribution is 2.32. The van der Waals surface area contributed by atoms with Crippen LogP contribution >= 0.6 is 11.6 Å². The number of aromatic amines is 1. The third kappa shape index (κ3) is 5.06. The van der Waals surface area contributed by atoms with Crippen LogP contribution in [-0.2, 0) is 11.8 Å². The molecule has 0 aliphatic carbocycles. The summed E-state index contributed by atoms with van der Waals surface area (Å²) in [5.74, 6) is -0.171. The summed E-state index contributed by atoms with van der Waals surface area (Å²) in [5.41, 5.74) is 4.05. The number of carbonyl (C=O) groups excluding carboxylic acids is 2. The number of rotatable bonds is 7. The van der Waals surface area contributed by atoms with E-state index in [0.29, 0.717) is 28.4 Å². The maximum atomic E-state index is 12.5. The Kier molecular flexibility index (Phi) is 6.45. The van der Waals surface area contributed by atoms with Gasteiger partial charge in [-0.15, -0.1) is 5.10 Å². The highest BCUT2D eigenvalue weighted by Gasteiger charge is 2.19. The normalized spacial score (nSPS) is 13.2. The Morgan fingerprint density at radius 1 is 1.13 bits per heavy atom. The summed E-state index contributed by atoms with van der Waals surface area (Å²) >= 11 is 6.42. The molecule has 0 atom stereocenters. The number of hydrogen-bond acceptors (Lipinski definition) is 8. The van der Waals surface area contributed by atoms with Gasteiger partial charge in [0.05, 0.1) is 29.0 Å². The summed E-state index contributed by atoms with van der Waals surface area (Å²) in [6.07, 6.45) is 9.22. The van der Waals surface area contributed by atoms with Crippen molar-refractivity contribution in [3.8, 4) is 22.6 Å². The van der Waals surface area contributed by atoms with Crippen molar-refractivity contribution in [1.29, 1.82) is 0 Å². The van der Waals surface area contributed by atoms with Gasteiger partial charge in [0, 0.05) is 60.8 Å². The van der Waals surface area contributed by atoms with Crippen molar-refractivity contribution in [2.24, 2.45) is 7.05 Å². The van der Waals surface area contributed by atoms with Crippen LogP contribution in [0.2, 0.25) is 5.02 Å². The molecule has 39 heavy (non-hydrogen) atoms. The largest absolute Gasteiger partial charge is 0.403 e. The van der Waals surface area contributed by atoms with Crippen LogP contribution in [0.4, 0.5) is 11.7 Å².